The van der Waals surface area contributed by atoms with Crippen LogP contribution in [0, 0.1) is 5.92 Å². The van der Waals surface area contributed by atoms with Gasteiger partial charge in [0.25, 0.3) is 11.8 Å². The third-order valence-corrected chi connectivity index (χ3v) is 7.26. The van der Waals surface area contributed by atoms with Crippen LogP contribution in [0.4, 0.5) is 5.00 Å². The molecule has 1 fully saturated rings. The lowest BCUT2D eigenvalue weighted by atomic mass is 10.1. The summed E-state index contributed by atoms with van der Waals surface area (Å²) in [6, 6.07) is 10.8. The van der Waals surface area contributed by atoms with Gasteiger partial charge in [-0.05, 0) is 44.6 Å². The molecule has 2 aromatic rings. The highest BCUT2D eigenvalue weighted by molar-refractivity contribution is 7.17. The highest BCUT2D eigenvalue weighted by Gasteiger charge is 2.36. The second kappa shape index (κ2) is 8.05. The number of rotatable bonds is 8. The second-order valence-corrected chi connectivity index (χ2v) is 9.20. The van der Waals surface area contributed by atoms with Crippen LogP contribution in [0.25, 0.3) is 0 Å². The van der Waals surface area contributed by atoms with Crippen LogP contribution in [0.3, 0.4) is 0 Å². The minimum Gasteiger partial charge on any atom is -0.365 e. The van der Waals surface area contributed by atoms with Gasteiger partial charge >= 0.3 is 0 Å². The first-order valence-electron chi connectivity index (χ1n) is 10.2. The smallest absolute Gasteiger partial charge is 0.280 e. The van der Waals surface area contributed by atoms with Crippen molar-refractivity contribution in [2.45, 2.75) is 51.6 Å². The molecule has 1 heterocycles. The van der Waals surface area contributed by atoms with Crippen molar-refractivity contribution in [3.8, 4) is 0 Å². The van der Waals surface area contributed by atoms with E-state index >= 15 is 0 Å². The van der Waals surface area contributed by atoms with Crippen molar-refractivity contribution in [3.05, 3.63) is 51.9 Å². The predicted octanol–water partition coefficient (Wildman–Crippen LogP) is 2.16. The van der Waals surface area contributed by atoms with Crippen LogP contribution in [-0.2, 0) is 24.2 Å². The summed E-state index contributed by atoms with van der Waals surface area (Å²) in [6.07, 6.45) is 5.42. The zero-order valence-electron chi connectivity index (χ0n) is 16.3. The van der Waals surface area contributed by atoms with Crippen LogP contribution in [-0.4, -0.2) is 24.4 Å². The number of aryl methyl sites for hydroxylation is 1. The van der Waals surface area contributed by atoms with E-state index in [4.69, 9.17) is 5.73 Å². The number of amides is 2. The Hall–Kier alpha value is -2.18. The maximum atomic E-state index is 12.9. The topological polar surface area (TPSA) is 76.6 Å². The number of nitrogens with one attached hydrogen (secondary N) is 2. The van der Waals surface area contributed by atoms with Gasteiger partial charge in [0, 0.05) is 16.4 Å². The third kappa shape index (κ3) is 4.13. The van der Waals surface area contributed by atoms with Crippen molar-refractivity contribution in [2.24, 2.45) is 11.7 Å². The number of hydrogen-bond acceptors (Lipinski definition) is 3. The Balaban J connectivity index is 1.48. The van der Waals surface area contributed by atoms with E-state index in [1.807, 2.05) is 18.2 Å². The van der Waals surface area contributed by atoms with Crippen LogP contribution in [0.1, 0.15) is 52.5 Å². The fourth-order valence-electron chi connectivity index (χ4n) is 4.30. The van der Waals surface area contributed by atoms with Crippen molar-refractivity contribution in [2.75, 3.05) is 11.9 Å². The van der Waals surface area contributed by atoms with Crippen molar-refractivity contribution in [1.82, 2.24) is 0 Å². The SMILES string of the molecule is C[C@@H](C1CC1)[NH+](CC(=O)Nc1sc2c(c1C(N)=O)CCC2)Cc1ccccc1. The molecule has 1 aromatic carbocycles. The Morgan fingerprint density at radius 2 is 2.00 bits per heavy atom. The number of nitrogens with two attached hydrogens (primary N) is 1. The number of benzene rings is 1. The number of fused-ring (bicyclic) bond motifs is 1. The average Bonchev–Trinajstić information content (AvgIpc) is 3.32. The van der Waals surface area contributed by atoms with Gasteiger partial charge in [0.05, 0.1) is 11.6 Å². The lowest BCUT2D eigenvalue weighted by molar-refractivity contribution is -0.931. The van der Waals surface area contributed by atoms with Gasteiger partial charge in [-0.15, -0.1) is 11.3 Å². The van der Waals surface area contributed by atoms with Gasteiger partial charge in [0.2, 0.25) is 0 Å². The Bertz CT molecular complexity index is 873. The normalized spacial score (nSPS) is 17.8. The van der Waals surface area contributed by atoms with E-state index in [9.17, 15) is 9.59 Å². The van der Waals surface area contributed by atoms with Gasteiger partial charge in [-0.3, -0.25) is 9.59 Å². The summed E-state index contributed by atoms with van der Waals surface area (Å²) in [6.45, 7) is 3.47. The fourth-order valence-corrected chi connectivity index (χ4v) is 5.61. The molecule has 2 aliphatic carbocycles. The van der Waals surface area contributed by atoms with Gasteiger partial charge in [0.15, 0.2) is 6.54 Å². The third-order valence-electron chi connectivity index (χ3n) is 6.06. The molecule has 0 bridgehead atoms. The monoisotopic (exact) mass is 398 g/mol. The van der Waals surface area contributed by atoms with E-state index in [2.05, 4.69) is 24.4 Å². The summed E-state index contributed by atoms with van der Waals surface area (Å²) in [5.74, 6) is 0.230. The first kappa shape index (κ1) is 19.2. The number of quaternary nitrogens is 1. The molecule has 2 amide bonds. The van der Waals surface area contributed by atoms with Crippen molar-refractivity contribution in [3.63, 3.8) is 0 Å². The molecule has 4 N–H and O–H groups in total. The van der Waals surface area contributed by atoms with Crippen LogP contribution < -0.4 is 16.0 Å². The van der Waals surface area contributed by atoms with Gasteiger partial charge < -0.3 is 16.0 Å². The molecule has 0 aliphatic heterocycles. The standard InChI is InChI=1S/C22H27N3O2S/c1-14(16-10-11-16)25(12-15-6-3-2-4-7-15)13-19(26)24-22-20(21(23)27)17-8-5-9-18(17)28-22/h2-4,6-7,14,16H,5,8-13H2,1H3,(H2,23,27)(H,24,26)/p+1/t14-/m0/s1. The molecule has 1 unspecified atom stereocenters. The van der Waals surface area contributed by atoms with Gasteiger partial charge in [-0.1, -0.05) is 30.3 Å². The molecule has 148 valence electrons. The largest absolute Gasteiger partial charge is 0.365 e. The average molecular weight is 399 g/mol. The predicted molar refractivity (Wildman–Crippen MR) is 112 cm³/mol. The van der Waals surface area contributed by atoms with Crippen LogP contribution in [0.15, 0.2) is 30.3 Å². The molecule has 0 spiro atoms. The highest BCUT2D eigenvalue weighted by atomic mass is 32.1. The van der Waals surface area contributed by atoms with E-state index in [-0.39, 0.29) is 5.91 Å². The van der Waals surface area contributed by atoms with E-state index < -0.39 is 5.91 Å². The van der Waals surface area contributed by atoms with E-state index in [1.54, 1.807) is 0 Å². The van der Waals surface area contributed by atoms with Crippen LogP contribution in [0.5, 0.6) is 0 Å². The molecule has 1 aromatic heterocycles. The zero-order valence-corrected chi connectivity index (χ0v) is 17.1. The molecule has 6 heteroatoms. The maximum absolute atomic E-state index is 12.9. The molecule has 28 heavy (non-hydrogen) atoms. The van der Waals surface area contributed by atoms with E-state index in [1.165, 1.54) is 39.5 Å². The molecule has 2 aliphatic rings. The summed E-state index contributed by atoms with van der Waals surface area (Å²) in [7, 11) is 0. The summed E-state index contributed by atoms with van der Waals surface area (Å²) in [4.78, 5) is 27.3. The molecule has 1 saturated carbocycles. The summed E-state index contributed by atoms with van der Waals surface area (Å²) in [5, 5.41) is 3.65. The summed E-state index contributed by atoms with van der Waals surface area (Å²) < 4.78 is 0. The summed E-state index contributed by atoms with van der Waals surface area (Å²) in [5.41, 5.74) is 8.44. The lowest BCUT2D eigenvalue weighted by Gasteiger charge is -2.25. The molecular formula is C22H28N3O2S+. The van der Waals surface area contributed by atoms with Crippen LogP contribution >= 0.6 is 11.3 Å². The molecule has 0 saturated heterocycles. The van der Waals surface area contributed by atoms with Crippen molar-refractivity contribution in [1.29, 1.82) is 0 Å². The Morgan fingerprint density at radius 3 is 2.68 bits per heavy atom. The molecule has 2 atom stereocenters. The van der Waals surface area contributed by atoms with E-state index in [0.717, 1.165) is 31.4 Å². The fraction of sp³-hybridized carbons (Fsp3) is 0.455. The Kier molecular flexibility index (Phi) is 5.51. The maximum Gasteiger partial charge on any atom is 0.280 e. The number of thiophene rings is 1. The lowest BCUT2D eigenvalue weighted by Crippen LogP contribution is -3.15. The van der Waals surface area contributed by atoms with E-state index in [0.29, 0.717) is 29.1 Å². The molecule has 0 radical (unpaired) electrons. The van der Waals surface area contributed by atoms with Gasteiger partial charge in [-0.25, -0.2) is 0 Å². The number of carbonyl (C=O) groups excluding carboxylic acids is 2. The number of carbonyl (C=O) groups is 2. The molecular weight excluding hydrogens is 370 g/mol. The number of anilines is 1. The molecule has 4 rings (SSSR count). The number of primary amides is 1. The second-order valence-electron chi connectivity index (χ2n) is 8.10. The van der Waals surface area contributed by atoms with Gasteiger partial charge in [-0.2, -0.15) is 0 Å². The quantitative estimate of drug-likeness (QED) is 0.637. The van der Waals surface area contributed by atoms with Gasteiger partial charge in [0.1, 0.15) is 11.5 Å². The van der Waals surface area contributed by atoms with Crippen molar-refractivity contribution < 1.29 is 14.5 Å². The van der Waals surface area contributed by atoms with Crippen LogP contribution in [0.2, 0.25) is 0 Å². The first-order valence-corrected chi connectivity index (χ1v) is 11.0. The minimum absolute atomic E-state index is 0.0409. The Labute approximate surface area is 169 Å². The minimum atomic E-state index is -0.436. The summed E-state index contributed by atoms with van der Waals surface area (Å²) >= 11 is 1.52. The number of hydrogen-bond donors (Lipinski definition) is 3. The highest BCUT2D eigenvalue weighted by Crippen LogP contribution is 2.38. The zero-order chi connectivity index (χ0) is 19.7. The first-order chi connectivity index (χ1) is 13.5. The van der Waals surface area contributed by atoms with Crippen molar-refractivity contribution >= 4 is 28.2 Å². The molecule has 5 nitrogen and oxygen atoms in total. The Morgan fingerprint density at radius 1 is 1.25 bits per heavy atom.